The third-order valence-corrected chi connectivity index (χ3v) is 3.22. The van der Waals surface area contributed by atoms with Crippen LogP contribution in [-0.4, -0.2) is 42.6 Å². The fourth-order valence-corrected chi connectivity index (χ4v) is 2.20. The maximum atomic E-state index is 11.7. The molecule has 0 saturated heterocycles. The number of unbranched alkanes of at least 4 members (excludes halogenated alkanes) is 1. The van der Waals surface area contributed by atoms with Crippen LogP contribution in [0.25, 0.3) is 0 Å². The zero-order chi connectivity index (χ0) is 11.7. The van der Waals surface area contributed by atoms with Crippen molar-refractivity contribution < 1.29 is 4.79 Å². The van der Waals surface area contributed by atoms with Gasteiger partial charge in [-0.1, -0.05) is 20.3 Å². The molecule has 0 aliphatic carbocycles. The third kappa shape index (κ3) is 5.92. The average molecular weight is 232 g/mol. The van der Waals surface area contributed by atoms with Crippen LogP contribution in [0.4, 0.5) is 4.79 Å². The Morgan fingerprint density at radius 3 is 2.60 bits per heavy atom. The van der Waals surface area contributed by atoms with Gasteiger partial charge >= 0.3 is 6.03 Å². The normalized spacial score (nSPS) is 12.3. The number of thioether (sulfide) groups is 1. The number of hydrogen-bond donors (Lipinski definition) is 1. The Kier molecular flexibility index (Phi) is 8.67. The fourth-order valence-electron chi connectivity index (χ4n) is 1.36. The summed E-state index contributed by atoms with van der Waals surface area (Å²) in [5.74, 6) is 1.01. The van der Waals surface area contributed by atoms with Crippen molar-refractivity contribution in [2.75, 3.05) is 25.6 Å². The second kappa shape index (κ2) is 8.89. The van der Waals surface area contributed by atoms with Crippen molar-refractivity contribution in [1.29, 1.82) is 0 Å². The van der Waals surface area contributed by atoms with Crippen molar-refractivity contribution in [3.8, 4) is 0 Å². The molecule has 0 aromatic rings. The van der Waals surface area contributed by atoms with E-state index >= 15 is 0 Å². The van der Waals surface area contributed by atoms with Gasteiger partial charge in [-0.25, -0.2) is 4.79 Å². The van der Waals surface area contributed by atoms with Crippen LogP contribution in [0.2, 0.25) is 0 Å². The van der Waals surface area contributed by atoms with Gasteiger partial charge in [0.2, 0.25) is 0 Å². The molecule has 0 aromatic carbocycles. The SMILES string of the molecule is CCCCNC(=O)N(C)C(CC)CSC. The molecular weight excluding hydrogens is 208 g/mol. The van der Waals surface area contributed by atoms with Gasteiger partial charge in [0.1, 0.15) is 0 Å². The molecule has 0 spiro atoms. The second-order valence-corrected chi connectivity index (χ2v) is 4.62. The molecule has 90 valence electrons. The lowest BCUT2D eigenvalue weighted by atomic mass is 10.2. The standard InChI is InChI=1S/C11H24N2OS/c1-5-7-8-12-11(14)13(3)10(6-2)9-15-4/h10H,5-9H2,1-4H3,(H,12,14). The number of urea groups is 1. The minimum absolute atomic E-state index is 0.0596. The molecule has 0 heterocycles. The molecule has 15 heavy (non-hydrogen) atoms. The van der Waals surface area contributed by atoms with Crippen LogP contribution >= 0.6 is 11.8 Å². The number of nitrogens with one attached hydrogen (secondary N) is 1. The van der Waals surface area contributed by atoms with E-state index in [1.807, 2.05) is 11.9 Å². The van der Waals surface area contributed by atoms with Gasteiger partial charge in [-0.15, -0.1) is 0 Å². The maximum Gasteiger partial charge on any atom is 0.317 e. The van der Waals surface area contributed by atoms with Gasteiger partial charge < -0.3 is 10.2 Å². The lowest BCUT2D eigenvalue weighted by Gasteiger charge is -2.26. The van der Waals surface area contributed by atoms with Crippen LogP contribution in [-0.2, 0) is 0 Å². The highest BCUT2D eigenvalue weighted by atomic mass is 32.2. The first kappa shape index (κ1) is 14.6. The van der Waals surface area contributed by atoms with Crippen LogP contribution in [0, 0.1) is 0 Å². The summed E-state index contributed by atoms with van der Waals surface area (Å²) in [7, 11) is 1.88. The van der Waals surface area contributed by atoms with Gasteiger partial charge in [0.15, 0.2) is 0 Å². The highest BCUT2D eigenvalue weighted by Crippen LogP contribution is 2.08. The molecule has 3 nitrogen and oxygen atoms in total. The highest BCUT2D eigenvalue weighted by Gasteiger charge is 2.16. The Hall–Kier alpha value is -0.380. The molecule has 0 saturated carbocycles. The Labute approximate surface area is 98.0 Å². The predicted octanol–water partition coefficient (Wildman–Crippen LogP) is 2.57. The number of carbonyl (C=O) groups is 1. The largest absolute Gasteiger partial charge is 0.338 e. The summed E-state index contributed by atoms with van der Waals surface area (Å²) in [4.78, 5) is 13.5. The van der Waals surface area contributed by atoms with Gasteiger partial charge in [-0.3, -0.25) is 0 Å². The molecule has 0 aliphatic rings. The van der Waals surface area contributed by atoms with Crippen molar-refractivity contribution in [3.63, 3.8) is 0 Å². The van der Waals surface area contributed by atoms with E-state index in [2.05, 4.69) is 25.4 Å². The first-order chi connectivity index (χ1) is 7.17. The van der Waals surface area contributed by atoms with E-state index in [1.165, 1.54) is 0 Å². The Balaban J connectivity index is 3.92. The summed E-state index contributed by atoms with van der Waals surface area (Å²) < 4.78 is 0. The average Bonchev–Trinajstić information content (AvgIpc) is 2.25. The summed E-state index contributed by atoms with van der Waals surface area (Å²) >= 11 is 1.79. The van der Waals surface area contributed by atoms with E-state index in [1.54, 1.807) is 11.8 Å². The molecule has 4 heteroatoms. The molecule has 1 unspecified atom stereocenters. The van der Waals surface area contributed by atoms with Crippen LogP contribution in [0.1, 0.15) is 33.1 Å². The van der Waals surface area contributed by atoms with E-state index in [9.17, 15) is 4.79 Å². The molecule has 0 aromatic heterocycles. The van der Waals surface area contributed by atoms with Crippen LogP contribution in [0.5, 0.6) is 0 Å². The molecule has 1 N–H and O–H groups in total. The summed E-state index contributed by atoms with van der Waals surface area (Å²) in [6, 6.07) is 0.408. The molecular formula is C11H24N2OS. The van der Waals surface area contributed by atoms with Gasteiger partial charge in [-0.05, 0) is 19.1 Å². The second-order valence-electron chi connectivity index (χ2n) is 3.71. The zero-order valence-corrected chi connectivity index (χ0v) is 11.2. The van der Waals surface area contributed by atoms with Gasteiger partial charge in [0, 0.05) is 25.4 Å². The summed E-state index contributed by atoms with van der Waals surface area (Å²) in [6.07, 6.45) is 5.26. The summed E-state index contributed by atoms with van der Waals surface area (Å²) in [5.41, 5.74) is 0. The number of nitrogens with zero attached hydrogens (tertiary/aromatic N) is 1. The van der Waals surface area contributed by atoms with Gasteiger partial charge in [0.25, 0.3) is 0 Å². The first-order valence-electron chi connectivity index (χ1n) is 5.66. The van der Waals surface area contributed by atoms with Crippen molar-refractivity contribution >= 4 is 17.8 Å². The van der Waals surface area contributed by atoms with E-state index in [4.69, 9.17) is 0 Å². The van der Waals surface area contributed by atoms with E-state index < -0.39 is 0 Å². The minimum atomic E-state index is 0.0596. The number of carbonyl (C=O) groups excluding carboxylic acids is 1. The van der Waals surface area contributed by atoms with Crippen molar-refractivity contribution in [2.45, 2.75) is 39.2 Å². The monoisotopic (exact) mass is 232 g/mol. The molecule has 1 atom stereocenters. The van der Waals surface area contributed by atoms with Crippen molar-refractivity contribution in [2.24, 2.45) is 0 Å². The first-order valence-corrected chi connectivity index (χ1v) is 7.06. The number of rotatable bonds is 7. The maximum absolute atomic E-state index is 11.7. The third-order valence-electron chi connectivity index (χ3n) is 2.50. The number of amides is 2. The zero-order valence-electron chi connectivity index (χ0n) is 10.4. The fraction of sp³-hybridized carbons (Fsp3) is 0.909. The number of hydrogen-bond acceptors (Lipinski definition) is 2. The summed E-state index contributed by atoms with van der Waals surface area (Å²) in [5, 5.41) is 2.93. The van der Waals surface area contributed by atoms with E-state index in [0.717, 1.165) is 31.6 Å². The predicted molar refractivity (Wildman–Crippen MR) is 68.5 cm³/mol. The van der Waals surface area contributed by atoms with Crippen molar-refractivity contribution in [1.82, 2.24) is 10.2 Å². The lowest BCUT2D eigenvalue weighted by Crippen LogP contribution is -2.44. The molecule has 0 aliphatic heterocycles. The Bertz CT molecular complexity index is 176. The molecule has 0 fully saturated rings. The van der Waals surface area contributed by atoms with Crippen LogP contribution in [0.15, 0.2) is 0 Å². The van der Waals surface area contributed by atoms with Crippen LogP contribution in [0.3, 0.4) is 0 Å². The molecule has 0 bridgehead atoms. The Morgan fingerprint density at radius 2 is 2.13 bits per heavy atom. The Morgan fingerprint density at radius 1 is 1.47 bits per heavy atom. The molecule has 0 rings (SSSR count). The van der Waals surface area contributed by atoms with Crippen molar-refractivity contribution in [3.05, 3.63) is 0 Å². The minimum Gasteiger partial charge on any atom is -0.338 e. The quantitative estimate of drug-likeness (QED) is 0.684. The smallest absolute Gasteiger partial charge is 0.317 e. The summed E-state index contributed by atoms with van der Waals surface area (Å²) in [6.45, 7) is 5.03. The van der Waals surface area contributed by atoms with Crippen LogP contribution < -0.4 is 5.32 Å². The lowest BCUT2D eigenvalue weighted by molar-refractivity contribution is 0.193. The topological polar surface area (TPSA) is 32.3 Å². The highest BCUT2D eigenvalue weighted by molar-refractivity contribution is 7.98. The van der Waals surface area contributed by atoms with Gasteiger partial charge in [0.05, 0.1) is 0 Å². The van der Waals surface area contributed by atoms with E-state index in [-0.39, 0.29) is 6.03 Å². The molecule has 2 amide bonds. The molecule has 0 radical (unpaired) electrons. The van der Waals surface area contributed by atoms with Gasteiger partial charge in [-0.2, -0.15) is 11.8 Å². The van der Waals surface area contributed by atoms with E-state index in [0.29, 0.717) is 6.04 Å².